The Morgan fingerprint density at radius 3 is 2.27 bits per heavy atom. The van der Waals surface area contributed by atoms with Crippen LogP contribution >= 0.6 is 0 Å². The molecule has 2 aromatic carbocycles. The van der Waals surface area contributed by atoms with Crippen molar-refractivity contribution in [3.05, 3.63) is 65.9 Å². The summed E-state index contributed by atoms with van der Waals surface area (Å²) in [5, 5.41) is 5.67. The highest BCUT2D eigenvalue weighted by Gasteiger charge is 2.13. The lowest BCUT2D eigenvalue weighted by atomic mass is 10.1. The number of nitrogens with one attached hydrogen (secondary N) is 1. The lowest BCUT2D eigenvalue weighted by Crippen LogP contribution is -2.18. The number of anilines is 2. The van der Waals surface area contributed by atoms with Crippen LogP contribution in [0.15, 0.2) is 54.6 Å². The molecule has 0 saturated carbocycles. The second-order valence-corrected chi connectivity index (χ2v) is 5.53. The molecule has 112 valence electrons. The van der Waals surface area contributed by atoms with E-state index in [1.807, 2.05) is 13.1 Å². The fourth-order valence-electron chi connectivity index (χ4n) is 2.90. The van der Waals surface area contributed by atoms with E-state index in [1.54, 1.807) is 0 Å². The predicted octanol–water partition coefficient (Wildman–Crippen LogP) is 4.22. The summed E-state index contributed by atoms with van der Waals surface area (Å²) in [7, 11) is 4.05. The highest BCUT2D eigenvalue weighted by Crippen LogP contribution is 2.32. The molecular formula is C19H21N3. The monoisotopic (exact) mass is 291 g/mol. The number of hydrogen-bond acceptors (Lipinski definition) is 3. The highest BCUT2D eigenvalue weighted by atomic mass is 15.2. The standard InChI is InChI=1S/C19H21N3/c1-14-18(20-2)16-11-7-8-12-17(16)19(21-14)22(3)13-15-9-5-4-6-10-15/h4-12,20H,13H2,1-3H3. The third-order valence-electron chi connectivity index (χ3n) is 3.95. The molecule has 0 radical (unpaired) electrons. The normalized spacial score (nSPS) is 10.7. The summed E-state index contributed by atoms with van der Waals surface area (Å²) in [6, 6.07) is 18.9. The lowest BCUT2D eigenvalue weighted by molar-refractivity contribution is 0.900. The van der Waals surface area contributed by atoms with E-state index in [2.05, 4.69) is 72.7 Å². The van der Waals surface area contributed by atoms with Gasteiger partial charge in [-0.25, -0.2) is 4.98 Å². The van der Waals surface area contributed by atoms with E-state index in [-0.39, 0.29) is 0 Å². The van der Waals surface area contributed by atoms with Gasteiger partial charge in [0.15, 0.2) is 0 Å². The quantitative estimate of drug-likeness (QED) is 0.780. The Kier molecular flexibility index (Phi) is 3.96. The van der Waals surface area contributed by atoms with Crippen LogP contribution in [0.1, 0.15) is 11.3 Å². The molecule has 0 spiro atoms. The summed E-state index contributed by atoms with van der Waals surface area (Å²) < 4.78 is 0. The van der Waals surface area contributed by atoms with Gasteiger partial charge in [0.2, 0.25) is 0 Å². The van der Waals surface area contributed by atoms with Crippen molar-refractivity contribution in [2.45, 2.75) is 13.5 Å². The lowest BCUT2D eigenvalue weighted by Gasteiger charge is -2.22. The summed E-state index contributed by atoms with van der Waals surface area (Å²) in [5.74, 6) is 1.02. The van der Waals surface area contributed by atoms with Crippen molar-refractivity contribution in [1.82, 2.24) is 4.98 Å². The molecule has 0 aliphatic heterocycles. The molecule has 0 unspecified atom stereocenters. The Morgan fingerprint density at radius 2 is 1.59 bits per heavy atom. The van der Waals surface area contributed by atoms with Gasteiger partial charge in [0.1, 0.15) is 5.82 Å². The van der Waals surface area contributed by atoms with Crippen LogP contribution in [0.5, 0.6) is 0 Å². The largest absolute Gasteiger partial charge is 0.386 e. The van der Waals surface area contributed by atoms with E-state index < -0.39 is 0 Å². The van der Waals surface area contributed by atoms with E-state index >= 15 is 0 Å². The second kappa shape index (κ2) is 6.06. The molecule has 0 saturated heterocycles. The third kappa shape index (κ3) is 2.62. The number of fused-ring (bicyclic) bond motifs is 1. The highest BCUT2D eigenvalue weighted by molar-refractivity contribution is 6.01. The van der Waals surface area contributed by atoms with Crippen molar-refractivity contribution < 1.29 is 0 Å². The molecule has 1 N–H and O–H groups in total. The summed E-state index contributed by atoms with van der Waals surface area (Å²) in [4.78, 5) is 7.04. The van der Waals surface area contributed by atoms with Gasteiger partial charge >= 0.3 is 0 Å². The van der Waals surface area contributed by atoms with Crippen molar-refractivity contribution in [2.24, 2.45) is 0 Å². The van der Waals surface area contributed by atoms with Crippen LogP contribution in [-0.2, 0) is 6.54 Å². The topological polar surface area (TPSA) is 28.2 Å². The first-order valence-electron chi connectivity index (χ1n) is 7.53. The Morgan fingerprint density at radius 1 is 0.955 bits per heavy atom. The number of benzene rings is 2. The van der Waals surface area contributed by atoms with Gasteiger partial charge in [-0.1, -0.05) is 54.6 Å². The van der Waals surface area contributed by atoms with Gasteiger partial charge in [-0.2, -0.15) is 0 Å². The minimum Gasteiger partial charge on any atom is -0.386 e. The zero-order valence-corrected chi connectivity index (χ0v) is 13.3. The molecule has 3 nitrogen and oxygen atoms in total. The van der Waals surface area contributed by atoms with Gasteiger partial charge < -0.3 is 10.2 Å². The van der Waals surface area contributed by atoms with E-state index in [9.17, 15) is 0 Å². The zero-order valence-electron chi connectivity index (χ0n) is 13.3. The number of nitrogens with zero attached hydrogens (tertiary/aromatic N) is 2. The minimum absolute atomic E-state index is 0.843. The summed E-state index contributed by atoms with van der Waals surface area (Å²) in [6.45, 7) is 2.90. The molecule has 0 atom stereocenters. The molecule has 1 aromatic heterocycles. The number of pyridine rings is 1. The second-order valence-electron chi connectivity index (χ2n) is 5.53. The molecule has 0 amide bonds. The minimum atomic E-state index is 0.843. The maximum Gasteiger partial charge on any atom is 0.136 e. The van der Waals surface area contributed by atoms with Crippen molar-refractivity contribution in [2.75, 3.05) is 24.3 Å². The number of rotatable bonds is 4. The molecule has 0 aliphatic rings. The van der Waals surface area contributed by atoms with Crippen LogP contribution in [0, 0.1) is 6.92 Å². The van der Waals surface area contributed by atoms with Crippen molar-refractivity contribution in [3.8, 4) is 0 Å². The Balaban J connectivity index is 2.07. The van der Waals surface area contributed by atoms with Crippen molar-refractivity contribution in [1.29, 1.82) is 0 Å². The van der Waals surface area contributed by atoms with Crippen LogP contribution in [0.3, 0.4) is 0 Å². The van der Waals surface area contributed by atoms with Crippen LogP contribution < -0.4 is 10.2 Å². The summed E-state index contributed by atoms with van der Waals surface area (Å²) in [6.07, 6.45) is 0. The molecule has 0 aliphatic carbocycles. The maximum atomic E-state index is 4.83. The van der Waals surface area contributed by atoms with Crippen molar-refractivity contribution >= 4 is 22.3 Å². The fourth-order valence-corrected chi connectivity index (χ4v) is 2.90. The van der Waals surface area contributed by atoms with E-state index in [4.69, 9.17) is 4.98 Å². The van der Waals surface area contributed by atoms with Crippen LogP contribution in [0.4, 0.5) is 11.5 Å². The predicted molar refractivity (Wildman–Crippen MR) is 94.6 cm³/mol. The molecule has 3 heteroatoms. The third-order valence-corrected chi connectivity index (χ3v) is 3.95. The maximum absolute atomic E-state index is 4.83. The van der Waals surface area contributed by atoms with Crippen molar-refractivity contribution in [3.63, 3.8) is 0 Å². The Hall–Kier alpha value is -2.55. The first-order chi connectivity index (χ1) is 10.7. The number of hydrogen-bond donors (Lipinski definition) is 1. The SMILES string of the molecule is CNc1c(C)nc(N(C)Cc2ccccc2)c2ccccc12. The van der Waals surface area contributed by atoms with E-state index in [0.717, 1.165) is 23.7 Å². The molecule has 0 bridgehead atoms. The zero-order chi connectivity index (χ0) is 15.5. The van der Waals surface area contributed by atoms with Gasteiger partial charge in [0.05, 0.1) is 11.4 Å². The molecule has 3 aromatic rings. The van der Waals surface area contributed by atoms with Gasteiger partial charge in [-0.15, -0.1) is 0 Å². The molecule has 0 fully saturated rings. The van der Waals surface area contributed by atoms with Gasteiger partial charge in [0, 0.05) is 31.4 Å². The number of aryl methyl sites for hydroxylation is 1. The Labute approximate surface area is 131 Å². The first-order valence-corrected chi connectivity index (χ1v) is 7.53. The molecule has 1 heterocycles. The summed E-state index contributed by atoms with van der Waals surface area (Å²) in [5.41, 5.74) is 3.41. The average Bonchev–Trinajstić information content (AvgIpc) is 2.55. The van der Waals surface area contributed by atoms with E-state index in [1.165, 1.54) is 16.3 Å². The van der Waals surface area contributed by atoms with Gasteiger partial charge in [0.25, 0.3) is 0 Å². The van der Waals surface area contributed by atoms with Gasteiger partial charge in [-0.3, -0.25) is 0 Å². The van der Waals surface area contributed by atoms with Crippen LogP contribution in [0.25, 0.3) is 10.8 Å². The smallest absolute Gasteiger partial charge is 0.136 e. The average molecular weight is 291 g/mol. The first kappa shape index (κ1) is 14.4. The van der Waals surface area contributed by atoms with E-state index in [0.29, 0.717) is 0 Å². The molecule has 3 rings (SSSR count). The summed E-state index contributed by atoms with van der Waals surface area (Å²) >= 11 is 0. The van der Waals surface area contributed by atoms with Gasteiger partial charge in [-0.05, 0) is 12.5 Å². The molecule has 22 heavy (non-hydrogen) atoms. The number of aromatic nitrogens is 1. The Bertz CT molecular complexity index is 781. The molecular weight excluding hydrogens is 270 g/mol. The fraction of sp³-hybridized carbons (Fsp3) is 0.211. The van der Waals surface area contributed by atoms with Crippen LogP contribution in [-0.4, -0.2) is 19.1 Å². The van der Waals surface area contributed by atoms with Crippen LogP contribution in [0.2, 0.25) is 0 Å².